The summed E-state index contributed by atoms with van der Waals surface area (Å²) in [5.74, 6) is 0. The smallest absolute Gasteiger partial charge is 0.308 e. The fraction of sp³-hybridized carbons (Fsp3) is 0.556. The van der Waals surface area contributed by atoms with Crippen molar-refractivity contribution in [2.75, 3.05) is 13.1 Å². The van der Waals surface area contributed by atoms with E-state index < -0.39 is 12.7 Å². The van der Waals surface area contributed by atoms with Crippen molar-refractivity contribution >= 4 is 11.8 Å². The van der Waals surface area contributed by atoms with Gasteiger partial charge in [0.1, 0.15) is 5.03 Å². The Balaban J connectivity index is 2.24. The second-order valence-corrected chi connectivity index (χ2v) is 4.68. The maximum atomic E-state index is 11.8. The van der Waals surface area contributed by atoms with Crippen LogP contribution >= 0.6 is 11.8 Å². The van der Waals surface area contributed by atoms with Crippen molar-refractivity contribution in [2.45, 2.75) is 23.4 Å². The van der Waals surface area contributed by atoms with Crippen molar-refractivity contribution < 1.29 is 13.2 Å². The second-order valence-electron chi connectivity index (χ2n) is 3.22. The Bertz CT molecular complexity index is 305. The molecule has 1 atom stereocenters. The van der Waals surface area contributed by atoms with E-state index in [0.717, 1.165) is 0 Å². The lowest BCUT2D eigenvalue weighted by molar-refractivity contribution is -0.124. The third-order valence-corrected chi connectivity index (χ3v) is 2.64. The summed E-state index contributed by atoms with van der Waals surface area (Å²) in [5, 5.41) is 3.08. The van der Waals surface area contributed by atoms with E-state index in [0.29, 0.717) is 5.03 Å². The van der Waals surface area contributed by atoms with Gasteiger partial charge in [-0.15, -0.1) is 11.8 Å². The van der Waals surface area contributed by atoms with Gasteiger partial charge in [0.15, 0.2) is 0 Å². The molecule has 0 aliphatic carbocycles. The molecule has 0 spiro atoms. The molecule has 1 aromatic rings. The van der Waals surface area contributed by atoms with Crippen molar-refractivity contribution in [1.29, 1.82) is 0 Å². The SMILES string of the molecule is CC(CNCC(F)(F)F)Sc1cnccn1. The molecule has 1 heterocycles. The lowest BCUT2D eigenvalue weighted by Crippen LogP contribution is -2.32. The van der Waals surface area contributed by atoms with Gasteiger partial charge in [-0.3, -0.25) is 4.98 Å². The summed E-state index contributed by atoms with van der Waals surface area (Å²) < 4.78 is 35.5. The molecule has 0 radical (unpaired) electrons. The Morgan fingerprint density at radius 1 is 1.44 bits per heavy atom. The third kappa shape index (κ3) is 5.92. The van der Waals surface area contributed by atoms with E-state index in [1.54, 1.807) is 18.6 Å². The summed E-state index contributed by atoms with van der Waals surface area (Å²) in [4.78, 5) is 7.90. The topological polar surface area (TPSA) is 37.8 Å². The van der Waals surface area contributed by atoms with Gasteiger partial charge >= 0.3 is 6.18 Å². The van der Waals surface area contributed by atoms with Crippen LogP contribution in [0.3, 0.4) is 0 Å². The highest BCUT2D eigenvalue weighted by Crippen LogP contribution is 2.19. The summed E-state index contributed by atoms with van der Waals surface area (Å²) in [6.07, 6.45) is 0.538. The molecule has 1 aromatic heterocycles. The standard InChI is InChI=1S/C9H12F3N3S/c1-7(4-14-6-9(10,11)12)16-8-5-13-2-3-15-8/h2-3,5,7,14H,4,6H2,1H3. The zero-order valence-corrected chi connectivity index (χ0v) is 9.48. The molecular weight excluding hydrogens is 239 g/mol. The first-order chi connectivity index (χ1) is 7.47. The first-order valence-corrected chi connectivity index (χ1v) is 5.55. The number of hydrogen-bond donors (Lipinski definition) is 1. The van der Waals surface area contributed by atoms with Gasteiger partial charge in [-0.25, -0.2) is 4.98 Å². The number of rotatable bonds is 5. The van der Waals surface area contributed by atoms with E-state index in [9.17, 15) is 13.2 Å². The van der Waals surface area contributed by atoms with Crippen LogP contribution in [0.25, 0.3) is 0 Å². The maximum absolute atomic E-state index is 11.8. The molecule has 3 nitrogen and oxygen atoms in total. The highest BCUT2D eigenvalue weighted by Gasteiger charge is 2.26. The lowest BCUT2D eigenvalue weighted by Gasteiger charge is -2.12. The Morgan fingerprint density at radius 2 is 2.19 bits per heavy atom. The molecule has 0 aliphatic heterocycles. The Kier molecular flexibility index (Phi) is 5.01. The number of halogens is 3. The molecule has 0 saturated carbocycles. The molecule has 0 saturated heterocycles. The molecule has 1 unspecified atom stereocenters. The molecule has 0 bridgehead atoms. The second kappa shape index (κ2) is 6.05. The number of thioether (sulfide) groups is 1. The van der Waals surface area contributed by atoms with Crippen LogP contribution < -0.4 is 5.32 Å². The van der Waals surface area contributed by atoms with Crippen LogP contribution in [0.5, 0.6) is 0 Å². The highest BCUT2D eigenvalue weighted by atomic mass is 32.2. The van der Waals surface area contributed by atoms with E-state index in [1.165, 1.54) is 11.8 Å². The summed E-state index contributed by atoms with van der Waals surface area (Å²) in [7, 11) is 0. The van der Waals surface area contributed by atoms with E-state index in [1.807, 2.05) is 6.92 Å². The van der Waals surface area contributed by atoms with Gasteiger partial charge in [0.05, 0.1) is 12.7 Å². The van der Waals surface area contributed by atoms with E-state index >= 15 is 0 Å². The van der Waals surface area contributed by atoms with Gasteiger partial charge in [-0.05, 0) is 0 Å². The van der Waals surface area contributed by atoms with Crippen LogP contribution in [0.1, 0.15) is 6.92 Å². The monoisotopic (exact) mass is 251 g/mol. The van der Waals surface area contributed by atoms with Crippen LogP contribution in [-0.2, 0) is 0 Å². The molecule has 0 aromatic carbocycles. The van der Waals surface area contributed by atoms with Gasteiger partial charge in [-0.1, -0.05) is 6.92 Å². The molecule has 0 amide bonds. The average molecular weight is 251 g/mol. The summed E-state index contributed by atoms with van der Waals surface area (Å²) >= 11 is 1.39. The predicted molar refractivity (Wildman–Crippen MR) is 56.3 cm³/mol. The Labute approximate surface area is 95.9 Å². The molecule has 16 heavy (non-hydrogen) atoms. The first kappa shape index (κ1) is 13.2. The molecule has 0 aliphatic rings. The zero-order valence-electron chi connectivity index (χ0n) is 8.66. The average Bonchev–Trinajstić information content (AvgIpc) is 2.17. The molecule has 0 fully saturated rings. The number of alkyl halides is 3. The minimum atomic E-state index is -4.16. The van der Waals surface area contributed by atoms with E-state index in [-0.39, 0.29) is 11.8 Å². The van der Waals surface area contributed by atoms with Gasteiger partial charge in [0.2, 0.25) is 0 Å². The third-order valence-electron chi connectivity index (χ3n) is 1.62. The van der Waals surface area contributed by atoms with E-state index in [4.69, 9.17) is 0 Å². The number of aromatic nitrogens is 2. The Morgan fingerprint density at radius 3 is 2.75 bits per heavy atom. The van der Waals surface area contributed by atoms with Crippen molar-refractivity contribution in [1.82, 2.24) is 15.3 Å². The number of nitrogens with zero attached hydrogens (tertiary/aromatic N) is 2. The molecule has 7 heteroatoms. The van der Waals surface area contributed by atoms with Crippen LogP contribution in [0.4, 0.5) is 13.2 Å². The zero-order chi connectivity index (χ0) is 12.0. The fourth-order valence-electron chi connectivity index (χ4n) is 1.01. The predicted octanol–water partition coefficient (Wildman–Crippen LogP) is 2.11. The van der Waals surface area contributed by atoms with Gasteiger partial charge in [0.25, 0.3) is 0 Å². The van der Waals surface area contributed by atoms with Crippen molar-refractivity contribution in [3.8, 4) is 0 Å². The summed E-state index contributed by atoms with van der Waals surface area (Å²) in [6, 6.07) is 0. The largest absolute Gasteiger partial charge is 0.401 e. The number of nitrogens with one attached hydrogen (secondary N) is 1. The fourth-order valence-corrected chi connectivity index (χ4v) is 1.87. The van der Waals surface area contributed by atoms with Crippen molar-refractivity contribution in [2.24, 2.45) is 0 Å². The van der Waals surface area contributed by atoms with Crippen LogP contribution in [0.2, 0.25) is 0 Å². The molecule has 1 rings (SSSR count). The lowest BCUT2D eigenvalue weighted by atomic mass is 10.4. The van der Waals surface area contributed by atoms with Crippen LogP contribution in [0, 0.1) is 0 Å². The molecule has 90 valence electrons. The molecule has 1 N–H and O–H groups in total. The molecular formula is C9H12F3N3S. The van der Waals surface area contributed by atoms with Crippen LogP contribution in [0.15, 0.2) is 23.6 Å². The van der Waals surface area contributed by atoms with Crippen molar-refractivity contribution in [3.05, 3.63) is 18.6 Å². The maximum Gasteiger partial charge on any atom is 0.401 e. The first-order valence-electron chi connectivity index (χ1n) is 4.67. The van der Waals surface area contributed by atoms with E-state index in [2.05, 4.69) is 15.3 Å². The van der Waals surface area contributed by atoms with Gasteiger partial charge in [-0.2, -0.15) is 13.2 Å². The minimum absolute atomic E-state index is 0.0130. The normalized spacial score (nSPS) is 13.8. The Hall–Kier alpha value is -0.820. The number of hydrogen-bond acceptors (Lipinski definition) is 4. The van der Waals surface area contributed by atoms with Gasteiger partial charge in [0, 0.05) is 24.2 Å². The highest BCUT2D eigenvalue weighted by molar-refractivity contribution is 7.99. The van der Waals surface area contributed by atoms with Crippen LogP contribution in [-0.4, -0.2) is 34.5 Å². The summed E-state index contributed by atoms with van der Waals surface area (Å²) in [6.45, 7) is 1.15. The van der Waals surface area contributed by atoms with Crippen molar-refractivity contribution in [3.63, 3.8) is 0 Å². The minimum Gasteiger partial charge on any atom is -0.308 e. The quantitative estimate of drug-likeness (QED) is 0.813. The van der Waals surface area contributed by atoms with Gasteiger partial charge < -0.3 is 5.32 Å². The summed E-state index contributed by atoms with van der Waals surface area (Å²) in [5.41, 5.74) is 0.